The Kier molecular flexibility index (Phi) is 3.21. The van der Waals surface area contributed by atoms with Crippen LogP contribution in [0.1, 0.15) is 5.69 Å². The third-order valence-corrected chi connectivity index (χ3v) is 3.13. The highest BCUT2D eigenvalue weighted by Crippen LogP contribution is 2.25. The molecule has 0 unspecified atom stereocenters. The summed E-state index contributed by atoms with van der Waals surface area (Å²) >= 11 is 0. The van der Waals surface area contributed by atoms with Crippen LogP contribution in [0.2, 0.25) is 0 Å². The first kappa shape index (κ1) is 11.8. The lowest BCUT2D eigenvalue weighted by Gasteiger charge is -2.09. The normalized spacial score (nSPS) is 10.8. The summed E-state index contributed by atoms with van der Waals surface area (Å²) in [7, 11) is 0. The lowest BCUT2D eigenvalue weighted by Crippen LogP contribution is -2.06. The summed E-state index contributed by atoms with van der Waals surface area (Å²) in [6.07, 6.45) is 2.57. The van der Waals surface area contributed by atoms with Crippen LogP contribution in [-0.4, -0.2) is 16.5 Å². The van der Waals surface area contributed by atoms with E-state index in [1.165, 1.54) is 0 Å². The van der Waals surface area contributed by atoms with E-state index in [4.69, 9.17) is 10.7 Å². The average molecular weight is 249 g/mol. The van der Waals surface area contributed by atoms with E-state index >= 15 is 0 Å². The SMILES string of the molecule is NCCc1nc2cccnc2cc1-c1ccccc1. The number of nitrogens with zero attached hydrogens (tertiary/aromatic N) is 2. The number of benzene rings is 1. The van der Waals surface area contributed by atoms with Crippen molar-refractivity contribution >= 4 is 11.0 Å². The molecule has 3 heteroatoms. The molecule has 2 aromatic heterocycles. The highest BCUT2D eigenvalue weighted by atomic mass is 14.8. The number of aromatic nitrogens is 2. The maximum Gasteiger partial charge on any atom is 0.0893 e. The summed E-state index contributed by atoms with van der Waals surface area (Å²) in [6.45, 7) is 0.596. The number of nitrogens with two attached hydrogens (primary N) is 1. The number of fused-ring (bicyclic) bond motifs is 1. The molecule has 0 aliphatic carbocycles. The van der Waals surface area contributed by atoms with Crippen molar-refractivity contribution in [3.8, 4) is 11.1 Å². The molecule has 2 N–H and O–H groups in total. The summed E-state index contributed by atoms with van der Waals surface area (Å²) in [5.74, 6) is 0. The molecule has 3 rings (SSSR count). The second kappa shape index (κ2) is 5.16. The van der Waals surface area contributed by atoms with Gasteiger partial charge >= 0.3 is 0 Å². The zero-order valence-electron chi connectivity index (χ0n) is 10.6. The van der Waals surface area contributed by atoms with Crippen LogP contribution in [0.5, 0.6) is 0 Å². The fourth-order valence-corrected chi connectivity index (χ4v) is 2.24. The molecule has 0 amide bonds. The zero-order valence-corrected chi connectivity index (χ0v) is 10.6. The van der Waals surface area contributed by atoms with Gasteiger partial charge < -0.3 is 5.73 Å². The number of rotatable bonds is 3. The lowest BCUT2D eigenvalue weighted by atomic mass is 10.0. The van der Waals surface area contributed by atoms with Gasteiger partial charge in [-0.3, -0.25) is 9.97 Å². The van der Waals surface area contributed by atoms with E-state index < -0.39 is 0 Å². The minimum atomic E-state index is 0.596. The number of hydrogen-bond acceptors (Lipinski definition) is 3. The molecule has 0 aliphatic heterocycles. The smallest absolute Gasteiger partial charge is 0.0893 e. The molecule has 0 aliphatic rings. The molecule has 0 spiro atoms. The van der Waals surface area contributed by atoms with Gasteiger partial charge in [0.15, 0.2) is 0 Å². The van der Waals surface area contributed by atoms with Crippen molar-refractivity contribution in [1.29, 1.82) is 0 Å². The van der Waals surface area contributed by atoms with Gasteiger partial charge in [0.2, 0.25) is 0 Å². The fraction of sp³-hybridized carbons (Fsp3) is 0.125. The minimum Gasteiger partial charge on any atom is -0.330 e. The topological polar surface area (TPSA) is 51.8 Å². The summed E-state index contributed by atoms with van der Waals surface area (Å²) in [6, 6.07) is 16.2. The quantitative estimate of drug-likeness (QED) is 0.776. The summed E-state index contributed by atoms with van der Waals surface area (Å²) in [5, 5.41) is 0. The van der Waals surface area contributed by atoms with Gasteiger partial charge in [0, 0.05) is 18.2 Å². The van der Waals surface area contributed by atoms with Gasteiger partial charge in [-0.05, 0) is 30.3 Å². The van der Waals surface area contributed by atoms with E-state index in [-0.39, 0.29) is 0 Å². The molecule has 0 bridgehead atoms. The van der Waals surface area contributed by atoms with Crippen LogP contribution < -0.4 is 5.73 Å². The Hall–Kier alpha value is -2.26. The van der Waals surface area contributed by atoms with Gasteiger partial charge in [-0.1, -0.05) is 30.3 Å². The van der Waals surface area contributed by atoms with Crippen molar-refractivity contribution in [2.75, 3.05) is 6.54 Å². The highest BCUT2D eigenvalue weighted by Gasteiger charge is 2.08. The third-order valence-electron chi connectivity index (χ3n) is 3.13. The third kappa shape index (κ3) is 2.33. The van der Waals surface area contributed by atoms with E-state index in [0.29, 0.717) is 6.54 Å². The molecule has 0 fully saturated rings. The minimum absolute atomic E-state index is 0.596. The van der Waals surface area contributed by atoms with Crippen molar-refractivity contribution in [3.05, 3.63) is 60.4 Å². The maximum absolute atomic E-state index is 5.70. The number of pyridine rings is 2. The van der Waals surface area contributed by atoms with Gasteiger partial charge in [-0.15, -0.1) is 0 Å². The monoisotopic (exact) mass is 249 g/mol. The van der Waals surface area contributed by atoms with Crippen LogP contribution in [0.15, 0.2) is 54.7 Å². The van der Waals surface area contributed by atoms with Crippen LogP contribution in [0.4, 0.5) is 0 Å². The molecule has 19 heavy (non-hydrogen) atoms. The van der Waals surface area contributed by atoms with Crippen molar-refractivity contribution < 1.29 is 0 Å². The predicted molar refractivity (Wildman–Crippen MR) is 77.7 cm³/mol. The van der Waals surface area contributed by atoms with Crippen molar-refractivity contribution in [3.63, 3.8) is 0 Å². The molecule has 0 saturated carbocycles. The van der Waals surface area contributed by atoms with Gasteiger partial charge in [-0.25, -0.2) is 0 Å². The Labute approximate surface area is 112 Å². The maximum atomic E-state index is 5.70. The zero-order chi connectivity index (χ0) is 13.1. The van der Waals surface area contributed by atoms with E-state index in [1.807, 2.05) is 30.3 Å². The van der Waals surface area contributed by atoms with Crippen LogP contribution >= 0.6 is 0 Å². The van der Waals surface area contributed by atoms with Gasteiger partial charge in [0.05, 0.1) is 16.7 Å². The molecule has 3 nitrogen and oxygen atoms in total. The van der Waals surface area contributed by atoms with Crippen LogP contribution in [0, 0.1) is 0 Å². The molecule has 1 aromatic carbocycles. The van der Waals surface area contributed by atoms with Crippen LogP contribution in [0.25, 0.3) is 22.2 Å². The first-order chi connectivity index (χ1) is 9.38. The van der Waals surface area contributed by atoms with E-state index in [2.05, 4.69) is 23.2 Å². The Balaban J connectivity index is 2.23. The second-order valence-corrected chi connectivity index (χ2v) is 4.43. The van der Waals surface area contributed by atoms with Crippen LogP contribution in [-0.2, 0) is 6.42 Å². The molecule has 0 saturated heterocycles. The van der Waals surface area contributed by atoms with Crippen molar-refractivity contribution in [1.82, 2.24) is 9.97 Å². The molecular weight excluding hydrogens is 234 g/mol. The lowest BCUT2D eigenvalue weighted by molar-refractivity contribution is 0.933. The average Bonchev–Trinajstić information content (AvgIpc) is 2.48. The molecule has 94 valence electrons. The Morgan fingerprint density at radius 2 is 1.79 bits per heavy atom. The second-order valence-electron chi connectivity index (χ2n) is 4.43. The van der Waals surface area contributed by atoms with Gasteiger partial charge in [0.1, 0.15) is 0 Å². The highest BCUT2D eigenvalue weighted by molar-refractivity contribution is 5.81. The first-order valence-corrected chi connectivity index (χ1v) is 6.38. The summed E-state index contributed by atoms with van der Waals surface area (Å²) in [4.78, 5) is 9.07. The van der Waals surface area contributed by atoms with Crippen LogP contribution in [0.3, 0.4) is 0 Å². The molecule has 3 aromatic rings. The van der Waals surface area contributed by atoms with Gasteiger partial charge in [-0.2, -0.15) is 0 Å². The van der Waals surface area contributed by atoms with Crippen molar-refractivity contribution in [2.24, 2.45) is 5.73 Å². The largest absolute Gasteiger partial charge is 0.330 e. The summed E-state index contributed by atoms with van der Waals surface area (Å²) < 4.78 is 0. The Morgan fingerprint density at radius 3 is 2.58 bits per heavy atom. The Morgan fingerprint density at radius 1 is 0.947 bits per heavy atom. The molecule has 0 radical (unpaired) electrons. The molecular formula is C16H15N3. The fourth-order valence-electron chi connectivity index (χ4n) is 2.24. The summed E-state index contributed by atoms with van der Waals surface area (Å²) in [5.41, 5.74) is 10.9. The molecule has 2 heterocycles. The first-order valence-electron chi connectivity index (χ1n) is 6.38. The molecule has 0 atom stereocenters. The number of hydrogen-bond donors (Lipinski definition) is 1. The Bertz CT molecular complexity index is 693. The van der Waals surface area contributed by atoms with E-state index in [0.717, 1.165) is 34.3 Å². The standard InChI is InChI=1S/C16H15N3/c17-9-8-14-13(12-5-2-1-3-6-12)11-16-15(19-14)7-4-10-18-16/h1-7,10-11H,8-9,17H2. The van der Waals surface area contributed by atoms with Crippen molar-refractivity contribution in [2.45, 2.75) is 6.42 Å². The van der Waals surface area contributed by atoms with E-state index in [9.17, 15) is 0 Å². The van der Waals surface area contributed by atoms with Gasteiger partial charge in [0.25, 0.3) is 0 Å². The predicted octanol–water partition coefficient (Wildman–Crippen LogP) is 2.80. The van der Waals surface area contributed by atoms with E-state index in [1.54, 1.807) is 6.20 Å².